The number of carbonyl (C=O) groups excluding carboxylic acids is 1. The molecule has 174 valence electrons. The molecule has 0 aliphatic carbocycles. The van der Waals surface area contributed by atoms with Gasteiger partial charge in [-0.25, -0.2) is 4.98 Å². The largest absolute Gasteiger partial charge is 0.479 e. The lowest BCUT2D eigenvalue weighted by atomic mass is 10.1. The summed E-state index contributed by atoms with van der Waals surface area (Å²) in [5.41, 5.74) is 3.61. The molecular formula is C24H18Cl3N3O3S. The van der Waals surface area contributed by atoms with Crippen molar-refractivity contribution in [2.24, 2.45) is 0 Å². The number of thiocarbonyl (C=S) groups is 1. The molecule has 34 heavy (non-hydrogen) atoms. The van der Waals surface area contributed by atoms with E-state index in [2.05, 4.69) is 15.6 Å². The first kappa shape index (κ1) is 24.3. The van der Waals surface area contributed by atoms with Crippen molar-refractivity contribution in [2.45, 2.75) is 20.0 Å². The first-order valence-corrected chi connectivity index (χ1v) is 11.6. The van der Waals surface area contributed by atoms with E-state index in [9.17, 15) is 4.79 Å². The van der Waals surface area contributed by atoms with Crippen LogP contribution in [0.2, 0.25) is 15.1 Å². The van der Waals surface area contributed by atoms with Crippen LogP contribution in [0.25, 0.3) is 22.6 Å². The molecule has 1 aromatic heterocycles. The minimum Gasteiger partial charge on any atom is -0.479 e. The molecule has 0 aliphatic heterocycles. The van der Waals surface area contributed by atoms with E-state index in [0.29, 0.717) is 43.5 Å². The van der Waals surface area contributed by atoms with E-state index in [1.807, 2.05) is 25.1 Å². The highest BCUT2D eigenvalue weighted by molar-refractivity contribution is 7.80. The fraction of sp³-hybridized carbons (Fsp3) is 0.125. The zero-order valence-corrected chi connectivity index (χ0v) is 21.1. The highest BCUT2D eigenvalue weighted by Gasteiger charge is 2.18. The summed E-state index contributed by atoms with van der Waals surface area (Å²) in [6.07, 6.45) is -0.847. The number of nitrogens with zero attached hydrogens (tertiary/aromatic N) is 1. The third-order valence-corrected chi connectivity index (χ3v) is 6.01. The van der Waals surface area contributed by atoms with E-state index < -0.39 is 12.0 Å². The number of oxazole rings is 1. The topological polar surface area (TPSA) is 76.4 Å². The molecule has 10 heteroatoms. The summed E-state index contributed by atoms with van der Waals surface area (Å²) in [7, 11) is 0. The van der Waals surface area contributed by atoms with E-state index in [1.54, 1.807) is 37.3 Å². The summed E-state index contributed by atoms with van der Waals surface area (Å²) in [4.78, 5) is 17.0. The molecule has 4 aromatic rings. The van der Waals surface area contributed by atoms with E-state index in [-0.39, 0.29) is 5.11 Å². The van der Waals surface area contributed by atoms with Crippen LogP contribution >= 0.6 is 47.0 Å². The van der Waals surface area contributed by atoms with Crippen molar-refractivity contribution >= 4 is 74.8 Å². The van der Waals surface area contributed by atoms with Gasteiger partial charge in [-0.15, -0.1) is 0 Å². The number of benzene rings is 3. The number of anilines is 1. The van der Waals surface area contributed by atoms with Crippen molar-refractivity contribution in [1.29, 1.82) is 0 Å². The van der Waals surface area contributed by atoms with Gasteiger partial charge in [-0.1, -0.05) is 40.9 Å². The fourth-order valence-electron chi connectivity index (χ4n) is 3.05. The molecule has 3 aromatic carbocycles. The molecule has 4 rings (SSSR count). The zero-order chi connectivity index (χ0) is 24.4. The van der Waals surface area contributed by atoms with Crippen LogP contribution in [0.4, 0.5) is 5.69 Å². The second kappa shape index (κ2) is 10.2. The molecule has 1 unspecified atom stereocenters. The predicted octanol–water partition coefficient (Wildman–Crippen LogP) is 7.04. The van der Waals surface area contributed by atoms with Crippen LogP contribution in [-0.4, -0.2) is 22.1 Å². The van der Waals surface area contributed by atoms with Crippen molar-refractivity contribution in [3.63, 3.8) is 0 Å². The molecule has 0 spiro atoms. The van der Waals surface area contributed by atoms with Gasteiger partial charge in [-0.05, 0) is 80.2 Å². The van der Waals surface area contributed by atoms with E-state index >= 15 is 0 Å². The van der Waals surface area contributed by atoms with Crippen molar-refractivity contribution < 1.29 is 13.9 Å². The van der Waals surface area contributed by atoms with Gasteiger partial charge in [0.25, 0.3) is 5.91 Å². The number of ether oxygens (including phenoxy) is 1. The lowest BCUT2D eigenvalue weighted by Gasteiger charge is -2.16. The van der Waals surface area contributed by atoms with Gasteiger partial charge < -0.3 is 14.5 Å². The number of aryl methyl sites for hydroxylation is 1. The highest BCUT2D eigenvalue weighted by Crippen LogP contribution is 2.30. The smallest absolute Gasteiger partial charge is 0.266 e. The molecule has 1 amide bonds. The zero-order valence-electron chi connectivity index (χ0n) is 18.0. The van der Waals surface area contributed by atoms with Crippen molar-refractivity contribution in [3.8, 4) is 17.2 Å². The molecule has 6 nitrogen and oxygen atoms in total. The Kier molecular flexibility index (Phi) is 7.28. The van der Waals surface area contributed by atoms with E-state index in [4.69, 9.17) is 56.2 Å². The maximum atomic E-state index is 12.5. The lowest BCUT2D eigenvalue weighted by molar-refractivity contribution is -0.125. The lowest BCUT2D eigenvalue weighted by Crippen LogP contribution is -2.42. The van der Waals surface area contributed by atoms with Gasteiger partial charge in [0.05, 0.1) is 5.02 Å². The predicted molar refractivity (Wildman–Crippen MR) is 140 cm³/mol. The number of fused-ring (bicyclic) bond motifs is 1. The maximum absolute atomic E-state index is 12.5. The molecule has 0 aliphatic rings. The van der Waals surface area contributed by atoms with Gasteiger partial charge in [0.15, 0.2) is 16.8 Å². The van der Waals surface area contributed by atoms with Crippen LogP contribution in [0.5, 0.6) is 5.75 Å². The Labute approximate surface area is 216 Å². The molecule has 0 radical (unpaired) electrons. The Morgan fingerprint density at radius 1 is 1.06 bits per heavy atom. The summed E-state index contributed by atoms with van der Waals surface area (Å²) >= 11 is 23.5. The number of carbonyl (C=O) groups is 1. The Hall–Kier alpha value is -2.84. The van der Waals surface area contributed by atoms with Crippen LogP contribution in [0.1, 0.15) is 12.5 Å². The third kappa shape index (κ3) is 5.62. The van der Waals surface area contributed by atoms with Gasteiger partial charge in [0.2, 0.25) is 5.89 Å². The highest BCUT2D eigenvalue weighted by atomic mass is 35.5. The minimum absolute atomic E-state index is 0.107. The van der Waals surface area contributed by atoms with Gasteiger partial charge in [-0.2, -0.15) is 0 Å². The summed E-state index contributed by atoms with van der Waals surface area (Å²) in [5.74, 6) is 0.357. The average Bonchev–Trinajstić information content (AvgIpc) is 3.20. The number of rotatable bonds is 5. The van der Waals surface area contributed by atoms with Crippen LogP contribution in [0.3, 0.4) is 0 Å². The quantitative estimate of drug-likeness (QED) is 0.267. The summed E-state index contributed by atoms with van der Waals surface area (Å²) in [6, 6.07) is 15.7. The molecular weight excluding hydrogens is 517 g/mol. The Morgan fingerprint density at radius 2 is 1.85 bits per heavy atom. The van der Waals surface area contributed by atoms with Gasteiger partial charge in [-0.3, -0.25) is 10.1 Å². The molecule has 1 atom stereocenters. The number of hydrogen-bond donors (Lipinski definition) is 2. The van der Waals surface area contributed by atoms with Gasteiger partial charge in [0.1, 0.15) is 11.3 Å². The second-order valence-corrected chi connectivity index (χ2v) is 9.10. The Morgan fingerprint density at radius 3 is 2.59 bits per heavy atom. The molecule has 1 heterocycles. The van der Waals surface area contributed by atoms with Crippen LogP contribution in [0.15, 0.2) is 59.0 Å². The maximum Gasteiger partial charge on any atom is 0.266 e. The Balaban J connectivity index is 1.41. The van der Waals surface area contributed by atoms with E-state index in [1.165, 1.54) is 6.07 Å². The first-order valence-electron chi connectivity index (χ1n) is 10.1. The van der Waals surface area contributed by atoms with Gasteiger partial charge in [0, 0.05) is 21.3 Å². The van der Waals surface area contributed by atoms with Crippen molar-refractivity contribution in [3.05, 3.63) is 75.2 Å². The first-order chi connectivity index (χ1) is 16.2. The summed E-state index contributed by atoms with van der Waals surface area (Å²) in [6.45, 7) is 3.51. The number of amides is 1. The normalized spacial score (nSPS) is 11.8. The monoisotopic (exact) mass is 533 g/mol. The third-order valence-electron chi connectivity index (χ3n) is 4.87. The van der Waals surface area contributed by atoms with Gasteiger partial charge >= 0.3 is 0 Å². The number of aromatic nitrogens is 1. The molecule has 0 saturated heterocycles. The number of halogens is 3. The SMILES string of the molecule is Cc1ccc(-c2nc3cc(NC(=S)NC(=O)C(C)Oc4ccc(Cl)cc4Cl)ccc3o2)cc1Cl. The average molecular weight is 535 g/mol. The number of hydrogen-bond acceptors (Lipinski definition) is 5. The minimum atomic E-state index is -0.847. The van der Waals surface area contributed by atoms with Crippen LogP contribution < -0.4 is 15.4 Å². The summed E-state index contributed by atoms with van der Waals surface area (Å²) in [5, 5.41) is 7.09. The molecule has 2 N–H and O–H groups in total. The number of nitrogens with one attached hydrogen (secondary N) is 2. The van der Waals surface area contributed by atoms with E-state index in [0.717, 1.165) is 11.1 Å². The fourth-order valence-corrected chi connectivity index (χ4v) is 3.90. The molecule has 0 fully saturated rings. The summed E-state index contributed by atoms with van der Waals surface area (Å²) < 4.78 is 11.5. The standard InChI is InChI=1S/C24H18Cl3N3O3S/c1-12-3-4-14(9-17(12)26)23-29-19-11-16(6-8-21(19)33-23)28-24(34)30-22(31)13(2)32-20-7-5-15(25)10-18(20)27/h3-11,13H,1-2H3,(H2,28,30,31,34). The molecule has 0 saturated carbocycles. The van der Waals surface area contributed by atoms with Crippen molar-refractivity contribution in [1.82, 2.24) is 10.3 Å². The second-order valence-electron chi connectivity index (χ2n) is 7.44. The van der Waals surface area contributed by atoms with Crippen molar-refractivity contribution in [2.75, 3.05) is 5.32 Å². The molecule has 0 bridgehead atoms. The van der Waals surface area contributed by atoms with Crippen LogP contribution in [-0.2, 0) is 4.79 Å². The Bertz CT molecular complexity index is 1410. The van der Waals surface area contributed by atoms with Crippen LogP contribution in [0, 0.1) is 6.92 Å².